The van der Waals surface area contributed by atoms with Crippen LogP contribution in [-0.2, 0) is 17.6 Å². The highest BCUT2D eigenvalue weighted by Crippen LogP contribution is 2.37. The van der Waals surface area contributed by atoms with Crippen molar-refractivity contribution >= 4 is 39.7 Å². The minimum atomic E-state index is -0.659. The maximum Gasteiger partial charge on any atom is 0.282 e. The number of rotatable bonds is 8. The van der Waals surface area contributed by atoms with Gasteiger partial charge in [-0.3, -0.25) is 29.4 Å². The standard InChI is InChI=1S/C23H22N4O5S/c24-13-16-14-7-3-4-10-18(14)33-21(16)25-19(28)11-2-1-5-12-26-22(29)15-8-6-9-17(27(31)32)20(15)23(26)30/h6,8-9H,1-5,7,10-12H2,(H,25,28). The third kappa shape index (κ3) is 4.36. The van der Waals surface area contributed by atoms with Crippen molar-refractivity contribution in [3.8, 4) is 6.07 Å². The molecular weight excluding hydrogens is 444 g/mol. The minimum Gasteiger partial charge on any atom is -0.317 e. The fourth-order valence-electron chi connectivity index (χ4n) is 4.36. The normalized spacial score (nSPS) is 14.6. The molecule has 0 bridgehead atoms. The van der Waals surface area contributed by atoms with Gasteiger partial charge in [-0.2, -0.15) is 5.26 Å². The summed E-state index contributed by atoms with van der Waals surface area (Å²) in [7, 11) is 0. The summed E-state index contributed by atoms with van der Waals surface area (Å²) in [5, 5.41) is 24.2. The van der Waals surface area contributed by atoms with E-state index < -0.39 is 16.7 Å². The maximum atomic E-state index is 12.6. The van der Waals surface area contributed by atoms with Crippen molar-refractivity contribution < 1.29 is 19.3 Å². The molecule has 2 aromatic rings. The lowest BCUT2D eigenvalue weighted by Gasteiger charge is -2.13. The van der Waals surface area contributed by atoms with Gasteiger partial charge in [0.15, 0.2) is 0 Å². The average Bonchev–Trinajstić information content (AvgIpc) is 3.27. The van der Waals surface area contributed by atoms with E-state index in [1.165, 1.54) is 34.4 Å². The monoisotopic (exact) mass is 466 g/mol. The van der Waals surface area contributed by atoms with Gasteiger partial charge < -0.3 is 5.32 Å². The number of fused-ring (bicyclic) bond motifs is 2. The van der Waals surface area contributed by atoms with Crippen molar-refractivity contribution in [3.63, 3.8) is 0 Å². The number of nitrogens with one attached hydrogen (secondary N) is 1. The van der Waals surface area contributed by atoms with Gasteiger partial charge in [0, 0.05) is 23.9 Å². The molecule has 10 heteroatoms. The Labute approximate surface area is 194 Å². The number of hydrogen-bond acceptors (Lipinski definition) is 7. The van der Waals surface area contributed by atoms with E-state index in [1.807, 2.05) is 0 Å². The van der Waals surface area contributed by atoms with Crippen LogP contribution in [0.2, 0.25) is 0 Å². The number of unbranched alkanes of at least 4 members (excludes halogenated alkanes) is 2. The van der Waals surface area contributed by atoms with Crippen LogP contribution in [0.15, 0.2) is 18.2 Å². The number of thiophene rings is 1. The Bertz CT molecular complexity index is 1200. The van der Waals surface area contributed by atoms with E-state index in [4.69, 9.17) is 0 Å². The van der Waals surface area contributed by atoms with Crippen molar-refractivity contribution in [1.82, 2.24) is 4.90 Å². The second kappa shape index (κ2) is 9.50. The van der Waals surface area contributed by atoms with Crippen LogP contribution in [0.1, 0.15) is 75.2 Å². The van der Waals surface area contributed by atoms with Crippen LogP contribution >= 0.6 is 11.3 Å². The number of imide groups is 1. The first-order chi connectivity index (χ1) is 15.9. The highest BCUT2D eigenvalue weighted by Gasteiger charge is 2.40. The van der Waals surface area contributed by atoms with Gasteiger partial charge in [-0.15, -0.1) is 11.3 Å². The molecule has 4 rings (SSSR count). The average molecular weight is 467 g/mol. The Morgan fingerprint density at radius 3 is 2.73 bits per heavy atom. The molecule has 0 spiro atoms. The SMILES string of the molecule is N#Cc1c(NC(=O)CCCCCN2C(=O)c3cccc([N+](=O)[O-])c3C2=O)sc2c1CCCC2. The van der Waals surface area contributed by atoms with Gasteiger partial charge in [0.25, 0.3) is 17.5 Å². The van der Waals surface area contributed by atoms with Crippen LogP contribution in [0, 0.1) is 21.4 Å². The lowest BCUT2D eigenvalue weighted by Crippen LogP contribution is -2.30. The van der Waals surface area contributed by atoms with Crippen LogP contribution in [-0.4, -0.2) is 34.1 Å². The number of nitro groups is 1. The Balaban J connectivity index is 1.26. The van der Waals surface area contributed by atoms with Crippen LogP contribution in [0.4, 0.5) is 10.7 Å². The fraction of sp³-hybridized carbons (Fsp3) is 0.391. The van der Waals surface area contributed by atoms with Crippen molar-refractivity contribution in [2.75, 3.05) is 11.9 Å². The number of hydrogen-bond donors (Lipinski definition) is 1. The molecule has 0 saturated carbocycles. The topological polar surface area (TPSA) is 133 Å². The number of nitriles is 1. The van der Waals surface area contributed by atoms with Gasteiger partial charge in [0.1, 0.15) is 16.6 Å². The Hall–Kier alpha value is -3.58. The first kappa shape index (κ1) is 22.6. The molecule has 0 atom stereocenters. The van der Waals surface area contributed by atoms with Gasteiger partial charge in [0.2, 0.25) is 5.91 Å². The Morgan fingerprint density at radius 1 is 1.18 bits per heavy atom. The van der Waals surface area contributed by atoms with Crippen molar-refractivity contribution in [2.24, 2.45) is 0 Å². The number of carbonyl (C=O) groups excluding carboxylic acids is 3. The summed E-state index contributed by atoms with van der Waals surface area (Å²) in [6.07, 6.45) is 5.91. The molecule has 9 nitrogen and oxygen atoms in total. The van der Waals surface area contributed by atoms with E-state index >= 15 is 0 Å². The molecule has 0 fully saturated rings. The van der Waals surface area contributed by atoms with E-state index in [1.54, 1.807) is 0 Å². The quantitative estimate of drug-likeness (QED) is 0.268. The van der Waals surface area contributed by atoms with Crippen molar-refractivity contribution in [3.05, 3.63) is 55.4 Å². The van der Waals surface area contributed by atoms with Crippen LogP contribution in [0.3, 0.4) is 0 Å². The smallest absolute Gasteiger partial charge is 0.282 e. The summed E-state index contributed by atoms with van der Waals surface area (Å²) in [5.41, 5.74) is 1.20. The van der Waals surface area contributed by atoms with Gasteiger partial charge in [-0.1, -0.05) is 12.5 Å². The zero-order valence-electron chi connectivity index (χ0n) is 17.9. The number of nitro benzene ring substituents is 1. The number of anilines is 1. The number of aryl methyl sites for hydroxylation is 1. The maximum absolute atomic E-state index is 12.6. The zero-order valence-corrected chi connectivity index (χ0v) is 18.7. The summed E-state index contributed by atoms with van der Waals surface area (Å²) < 4.78 is 0. The van der Waals surface area contributed by atoms with E-state index in [-0.39, 0.29) is 35.7 Å². The van der Waals surface area contributed by atoms with Crippen LogP contribution < -0.4 is 5.32 Å². The summed E-state index contributed by atoms with van der Waals surface area (Å²) in [6.45, 7) is 0.140. The molecule has 1 N–H and O–H groups in total. The van der Waals surface area contributed by atoms with Crippen molar-refractivity contribution in [2.45, 2.75) is 51.4 Å². The highest BCUT2D eigenvalue weighted by atomic mass is 32.1. The molecule has 170 valence electrons. The van der Waals surface area contributed by atoms with Crippen LogP contribution in [0.25, 0.3) is 0 Å². The molecule has 0 radical (unpaired) electrons. The molecule has 33 heavy (non-hydrogen) atoms. The number of benzene rings is 1. The Kier molecular flexibility index (Phi) is 6.51. The van der Waals surface area contributed by atoms with Crippen molar-refractivity contribution in [1.29, 1.82) is 5.26 Å². The minimum absolute atomic E-state index is 0.0560. The molecule has 1 aromatic carbocycles. The summed E-state index contributed by atoms with van der Waals surface area (Å²) in [5.74, 6) is -1.34. The predicted molar refractivity (Wildman–Crippen MR) is 121 cm³/mol. The number of amides is 3. The Morgan fingerprint density at radius 2 is 1.97 bits per heavy atom. The first-order valence-electron chi connectivity index (χ1n) is 10.9. The third-order valence-electron chi connectivity index (χ3n) is 6.00. The molecule has 0 unspecified atom stereocenters. The van der Waals surface area contributed by atoms with Crippen LogP contribution in [0.5, 0.6) is 0 Å². The molecule has 1 aliphatic heterocycles. The molecular formula is C23H22N4O5S. The summed E-state index contributed by atoms with van der Waals surface area (Å²) in [6, 6.07) is 6.26. The molecule has 1 aliphatic carbocycles. The van der Waals surface area contributed by atoms with E-state index in [9.17, 15) is 29.8 Å². The van der Waals surface area contributed by atoms with Gasteiger partial charge >= 0.3 is 0 Å². The van der Waals surface area contributed by atoms with Gasteiger partial charge in [-0.05, 0) is 50.2 Å². The number of nitrogens with zero attached hydrogens (tertiary/aromatic N) is 3. The largest absolute Gasteiger partial charge is 0.317 e. The van der Waals surface area contributed by atoms with E-state index in [0.717, 1.165) is 36.1 Å². The molecule has 2 heterocycles. The lowest BCUT2D eigenvalue weighted by atomic mass is 9.96. The molecule has 0 saturated heterocycles. The van der Waals surface area contributed by atoms with E-state index in [2.05, 4.69) is 11.4 Å². The lowest BCUT2D eigenvalue weighted by molar-refractivity contribution is -0.385. The molecule has 1 aromatic heterocycles. The second-order valence-electron chi connectivity index (χ2n) is 8.10. The highest BCUT2D eigenvalue weighted by molar-refractivity contribution is 7.16. The fourth-order valence-corrected chi connectivity index (χ4v) is 5.62. The molecule has 3 amide bonds. The van der Waals surface area contributed by atoms with Gasteiger partial charge in [0.05, 0.1) is 16.1 Å². The first-order valence-corrected chi connectivity index (χ1v) is 11.7. The third-order valence-corrected chi connectivity index (χ3v) is 7.20. The summed E-state index contributed by atoms with van der Waals surface area (Å²) >= 11 is 1.49. The summed E-state index contributed by atoms with van der Waals surface area (Å²) in [4.78, 5) is 50.2. The zero-order chi connectivity index (χ0) is 23.5. The predicted octanol–water partition coefficient (Wildman–Crippen LogP) is 4.20. The van der Waals surface area contributed by atoms with Gasteiger partial charge in [-0.25, -0.2) is 0 Å². The number of carbonyl (C=O) groups is 3. The molecule has 2 aliphatic rings. The van der Waals surface area contributed by atoms with E-state index in [0.29, 0.717) is 29.8 Å². The second-order valence-corrected chi connectivity index (χ2v) is 9.21.